The van der Waals surface area contributed by atoms with Crippen LogP contribution in [0.3, 0.4) is 0 Å². The Labute approximate surface area is 284 Å². The van der Waals surface area contributed by atoms with Crippen LogP contribution in [0, 0.1) is 0 Å². The Morgan fingerprint density at radius 2 is 0.292 bits per heavy atom. The highest BCUT2D eigenvalue weighted by Crippen LogP contribution is 2.13. The maximum absolute atomic E-state index is 10.6. The van der Waals surface area contributed by atoms with Crippen molar-refractivity contribution in [2.75, 3.05) is 0 Å². The van der Waals surface area contributed by atoms with Crippen LogP contribution in [0.2, 0.25) is 0 Å². The molecule has 0 fully saturated rings. The van der Waals surface area contributed by atoms with Gasteiger partial charge in [-0.05, 0) is 54.6 Å². The van der Waals surface area contributed by atoms with Crippen LogP contribution in [-0.4, -0.2) is 99.7 Å². The van der Waals surface area contributed by atoms with E-state index in [9.17, 15) is 43.2 Å². The summed E-state index contributed by atoms with van der Waals surface area (Å²) < 4.78 is 0. The minimum Gasteiger partial charge on any atom is -1.00 e. The Balaban J connectivity index is -0.000000614. The van der Waals surface area contributed by atoms with Gasteiger partial charge in [-0.15, -0.1) is 0 Å². The number of hydrogen-bond acceptors (Lipinski definition) is 9. The molecule has 21 heteroatoms. The average Bonchev–Trinajstić information content (AvgIpc) is 2.96. The maximum atomic E-state index is 10.6. The molecule has 0 spiro atoms. The molecule has 48 heavy (non-hydrogen) atoms. The van der Waals surface area contributed by atoms with E-state index in [4.69, 9.17) is 46.0 Å². The van der Waals surface area contributed by atoms with Gasteiger partial charge in [0.1, 0.15) is 0 Å². The normalized spacial score (nSPS) is 9.00. The van der Waals surface area contributed by atoms with Crippen molar-refractivity contribution in [3.63, 3.8) is 0 Å². The van der Waals surface area contributed by atoms with Crippen LogP contribution in [0.1, 0.15) is 93.2 Å². The fourth-order valence-corrected chi connectivity index (χ4v) is 2.99. The van der Waals surface area contributed by atoms with E-state index >= 15 is 0 Å². The van der Waals surface area contributed by atoms with Crippen molar-refractivity contribution in [2.45, 2.75) is 0 Å². The molecule has 9 N–H and O–H groups in total. The molecular weight excluding hydrogens is 719 g/mol. The minimum absolute atomic E-state index is 0. The van der Waals surface area contributed by atoms with E-state index in [1.807, 2.05) is 0 Å². The third-order valence-corrected chi connectivity index (χ3v) is 5.02. The Morgan fingerprint density at radius 3 is 0.333 bits per heavy atom. The van der Waals surface area contributed by atoms with Crippen LogP contribution in [0.5, 0.6) is 0 Å². The first kappa shape index (κ1) is 46.2. The number of hydrogen-bond donors (Lipinski definition) is 9. The highest BCUT2D eigenvalue weighted by atomic mass is 35.5. The summed E-state index contributed by atoms with van der Waals surface area (Å²) in [4.78, 5) is 95.1. The van der Waals surface area contributed by atoms with Gasteiger partial charge in [0.25, 0.3) is 0 Å². The summed E-state index contributed by atoms with van der Waals surface area (Å²) in [7, 11) is 0. The van der Waals surface area contributed by atoms with Crippen LogP contribution in [0.15, 0.2) is 54.6 Å². The monoisotopic (exact) mass is 735 g/mol. The lowest BCUT2D eigenvalue weighted by atomic mass is 10.1. The van der Waals surface area contributed by atoms with E-state index < -0.39 is 53.7 Å². The minimum atomic E-state index is -1.37. The van der Waals surface area contributed by atoms with E-state index in [1.165, 1.54) is 0 Å². The third kappa shape index (κ3) is 13.8. The van der Waals surface area contributed by atoms with Gasteiger partial charge in [0.2, 0.25) is 0 Å². The number of benzene rings is 3. The highest BCUT2D eigenvalue weighted by Gasteiger charge is 2.16. The molecule has 0 unspecified atom stereocenters. The number of carboxylic acids is 9. The summed E-state index contributed by atoms with van der Waals surface area (Å²) in [6.45, 7) is 0. The number of carbonyl (C=O) groups is 9. The second-order valence-corrected chi connectivity index (χ2v) is 8.14. The van der Waals surface area contributed by atoms with Gasteiger partial charge < -0.3 is 83.2 Å². The predicted octanol–water partition coefficient (Wildman–Crippen LogP) is -6.64. The van der Waals surface area contributed by atoms with E-state index in [1.54, 1.807) is 0 Å². The molecule has 0 aliphatic carbocycles. The lowest BCUT2D eigenvalue weighted by Crippen LogP contribution is -3.00. The van der Waals surface area contributed by atoms with Gasteiger partial charge >= 0.3 is 53.7 Å². The fourth-order valence-electron chi connectivity index (χ4n) is 2.99. The Bertz CT molecular complexity index is 1330. The van der Waals surface area contributed by atoms with Crippen molar-refractivity contribution in [2.24, 2.45) is 0 Å². The summed E-state index contributed by atoms with van der Waals surface area (Å²) in [6.07, 6.45) is 0. The zero-order chi connectivity index (χ0) is 34.8. The third-order valence-electron chi connectivity index (χ3n) is 5.02. The summed E-state index contributed by atoms with van der Waals surface area (Å²) in [5.41, 5.74) is -3.31. The smallest absolute Gasteiger partial charge is 0.335 e. The van der Waals surface area contributed by atoms with Crippen molar-refractivity contribution in [3.8, 4) is 0 Å². The lowest BCUT2D eigenvalue weighted by molar-refractivity contribution is -0.00100. The number of rotatable bonds is 9. The van der Waals surface area contributed by atoms with Crippen LogP contribution in [0.25, 0.3) is 0 Å². The molecule has 0 radical (unpaired) electrons. The van der Waals surface area contributed by atoms with Crippen molar-refractivity contribution >= 4 is 53.7 Å². The first-order valence-electron chi connectivity index (χ1n) is 11.3. The van der Waals surface area contributed by atoms with Crippen molar-refractivity contribution in [1.82, 2.24) is 0 Å². The molecule has 18 nitrogen and oxygen atoms in total. The van der Waals surface area contributed by atoms with Gasteiger partial charge in [0.05, 0.1) is 50.1 Å². The second-order valence-electron chi connectivity index (χ2n) is 8.14. The first-order valence-corrected chi connectivity index (χ1v) is 11.3. The molecule has 3 rings (SSSR count). The van der Waals surface area contributed by atoms with Crippen LogP contribution in [-0.2, 0) is 0 Å². The van der Waals surface area contributed by atoms with Gasteiger partial charge in [-0.3, -0.25) is 0 Å². The van der Waals surface area contributed by atoms with E-state index in [0.29, 0.717) is 0 Å². The molecule has 3 aromatic carbocycles. The standard InChI is InChI=1S/3C9H6O6.3ClH/c3*10-7(11)4-1-5(8(12)13)3-6(2-4)9(14)15;;;/h3*1-3H,(H,10,11)(H,12,13)(H,14,15);3*1H/p-3. The summed E-state index contributed by atoms with van der Waals surface area (Å²) in [6, 6.07) is 8.10. The number of aromatic carboxylic acids is 9. The summed E-state index contributed by atoms with van der Waals surface area (Å²) in [5.74, 6) is -12.4. The molecule has 0 atom stereocenters. The van der Waals surface area contributed by atoms with Crippen LogP contribution >= 0.6 is 0 Å². The highest BCUT2D eigenvalue weighted by molar-refractivity contribution is 6.00. The van der Waals surface area contributed by atoms with Crippen LogP contribution in [0.4, 0.5) is 0 Å². The number of halogens is 3. The molecule has 0 aliphatic heterocycles. The Hall–Kier alpha value is -6.24. The van der Waals surface area contributed by atoms with Gasteiger partial charge in [-0.25, -0.2) is 43.2 Å². The molecular formula is C27H18Cl3O18-3. The molecule has 0 saturated carbocycles. The maximum Gasteiger partial charge on any atom is 0.335 e. The summed E-state index contributed by atoms with van der Waals surface area (Å²) in [5, 5.41) is 77.5. The summed E-state index contributed by atoms with van der Waals surface area (Å²) >= 11 is 0. The molecule has 3 aromatic rings. The lowest BCUT2D eigenvalue weighted by Gasteiger charge is -2.00. The molecule has 0 aromatic heterocycles. The van der Waals surface area contributed by atoms with E-state index in [-0.39, 0.29) is 87.3 Å². The zero-order valence-corrected chi connectivity index (χ0v) is 25.3. The molecule has 0 amide bonds. The number of carboxylic acid groups (broad SMARTS) is 9. The fraction of sp³-hybridized carbons (Fsp3) is 0. The largest absolute Gasteiger partial charge is 1.00 e. The quantitative estimate of drug-likeness (QED) is 0.0985. The van der Waals surface area contributed by atoms with E-state index in [0.717, 1.165) is 54.6 Å². The Kier molecular flexibility index (Phi) is 19.2. The molecule has 0 saturated heterocycles. The van der Waals surface area contributed by atoms with Gasteiger partial charge in [-0.2, -0.15) is 0 Å². The van der Waals surface area contributed by atoms with Crippen molar-refractivity contribution in [3.05, 3.63) is 105 Å². The Morgan fingerprint density at radius 1 is 0.229 bits per heavy atom. The molecule has 0 aliphatic rings. The predicted molar refractivity (Wildman–Crippen MR) is 142 cm³/mol. The first-order chi connectivity index (χ1) is 20.7. The molecule has 258 valence electrons. The van der Waals surface area contributed by atoms with Gasteiger partial charge in [0, 0.05) is 0 Å². The second kappa shape index (κ2) is 20.0. The van der Waals surface area contributed by atoms with E-state index in [2.05, 4.69) is 0 Å². The molecule has 0 heterocycles. The van der Waals surface area contributed by atoms with Crippen molar-refractivity contribution < 1.29 is 126 Å². The van der Waals surface area contributed by atoms with Gasteiger partial charge in [0.15, 0.2) is 0 Å². The van der Waals surface area contributed by atoms with Gasteiger partial charge in [-0.1, -0.05) is 0 Å². The SMILES string of the molecule is O=C(O)c1cc(C(=O)O)cc(C(=O)O)c1.O=C(O)c1cc(C(=O)O)cc(C(=O)O)c1.O=C(O)c1cc(C(=O)O)cc(C(=O)O)c1.[Cl-].[Cl-].[Cl-]. The zero-order valence-electron chi connectivity index (χ0n) is 23.0. The van der Waals surface area contributed by atoms with Crippen LogP contribution < -0.4 is 37.2 Å². The topological polar surface area (TPSA) is 336 Å². The molecule has 0 bridgehead atoms. The van der Waals surface area contributed by atoms with Crippen molar-refractivity contribution in [1.29, 1.82) is 0 Å². The average molecular weight is 737 g/mol.